The molecule has 1 aromatic carbocycles. The van der Waals surface area contributed by atoms with Crippen molar-refractivity contribution in [1.29, 1.82) is 0 Å². The van der Waals surface area contributed by atoms with Crippen molar-refractivity contribution in [1.82, 2.24) is 10.2 Å². The van der Waals surface area contributed by atoms with Crippen LogP contribution >= 0.6 is 0 Å². The molecule has 0 unspecified atom stereocenters. The van der Waals surface area contributed by atoms with Crippen LogP contribution in [0.3, 0.4) is 0 Å². The Balaban J connectivity index is 1.57. The molecule has 2 fully saturated rings. The summed E-state index contributed by atoms with van der Waals surface area (Å²) < 4.78 is 0. The molecule has 0 aromatic heterocycles. The molecular formula is C21H31N3O2. The van der Waals surface area contributed by atoms with E-state index in [2.05, 4.69) is 17.6 Å². The highest BCUT2D eigenvalue weighted by Gasteiger charge is 2.23. The second kappa shape index (κ2) is 9.17. The van der Waals surface area contributed by atoms with Crippen LogP contribution in [0.15, 0.2) is 24.3 Å². The second-order valence-corrected chi connectivity index (χ2v) is 7.80. The molecule has 0 saturated carbocycles. The van der Waals surface area contributed by atoms with Gasteiger partial charge in [0, 0.05) is 19.5 Å². The lowest BCUT2D eigenvalue weighted by molar-refractivity contribution is -0.116. The van der Waals surface area contributed by atoms with Crippen LogP contribution in [0.2, 0.25) is 0 Å². The van der Waals surface area contributed by atoms with Crippen molar-refractivity contribution in [3.8, 4) is 0 Å². The molecule has 0 aliphatic carbocycles. The maximum absolute atomic E-state index is 12.9. The van der Waals surface area contributed by atoms with Gasteiger partial charge < -0.3 is 15.5 Å². The monoisotopic (exact) mass is 357 g/mol. The number of rotatable bonds is 5. The van der Waals surface area contributed by atoms with E-state index in [4.69, 9.17) is 0 Å². The van der Waals surface area contributed by atoms with Gasteiger partial charge in [0.1, 0.15) is 0 Å². The fourth-order valence-corrected chi connectivity index (χ4v) is 3.88. The first-order valence-electron chi connectivity index (χ1n) is 10.0. The zero-order valence-electron chi connectivity index (χ0n) is 15.8. The summed E-state index contributed by atoms with van der Waals surface area (Å²) in [5, 5.41) is 6.33. The lowest BCUT2D eigenvalue weighted by Gasteiger charge is -2.30. The fourth-order valence-electron chi connectivity index (χ4n) is 3.88. The molecule has 2 N–H and O–H groups in total. The average molecular weight is 357 g/mol. The Hall–Kier alpha value is -1.88. The molecule has 2 aliphatic rings. The number of hydrogen-bond donors (Lipinski definition) is 2. The van der Waals surface area contributed by atoms with Crippen LogP contribution in [0.1, 0.15) is 55.8 Å². The van der Waals surface area contributed by atoms with Crippen molar-refractivity contribution >= 4 is 17.5 Å². The quantitative estimate of drug-likeness (QED) is 0.850. The third-order valence-corrected chi connectivity index (χ3v) is 5.74. The Morgan fingerprint density at radius 3 is 2.54 bits per heavy atom. The summed E-state index contributed by atoms with van der Waals surface area (Å²) in [6, 6.07) is 7.40. The minimum Gasteiger partial charge on any atom is -0.339 e. The van der Waals surface area contributed by atoms with Gasteiger partial charge in [-0.25, -0.2) is 0 Å². The maximum Gasteiger partial charge on any atom is 0.255 e. The van der Waals surface area contributed by atoms with E-state index >= 15 is 0 Å². The first-order valence-corrected chi connectivity index (χ1v) is 10.0. The molecule has 0 bridgehead atoms. The summed E-state index contributed by atoms with van der Waals surface area (Å²) in [7, 11) is 0. The molecule has 26 heavy (non-hydrogen) atoms. The van der Waals surface area contributed by atoms with Crippen LogP contribution in [0.5, 0.6) is 0 Å². The summed E-state index contributed by atoms with van der Waals surface area (Å²) >= 11 is 0. The number of benzene rings is 1. The van der Waals surface area contributed by atoms with E-state index in [1.54, 1.807) is 0 Å². The number of hydrogen-bond acceptors (Lipinski definition) is 3. The molecule has 5 nitrogen and oxygen atoms in total. The minimum atomic E-state index is 0.0102. The van der Waals surface area contributed by atoms with E-state index in [1.165, 1.54) is 0 Å². The predicted octanol–water partition coefficient (Wildman–Crippen LogP) is 3.28. The highest BCUT2D eigenvalue weighted by Crippen LogP contribution is 2.23. The van der Waals surface area contributed by atoms with Gasteiger partial charge >= 0.3 is 0 Å². The number of carbonyl (C=O) groups excluding carboxylic acids is 2. The summed E-state index contributed by atoms with van der Waals surface area (Å²) in [6.45, 7) is 5.95. The molecule has 1 aromatic rings. The Kier molecular flexibility index (Phi) is 6.67. The van der Waals surface area contributed by atoms with Gasteiger partial charge in [-0.05, 0) is 69.2 Å². The fraction of sp³-hybridized carbons (Fsp3) is 0.619. The van der Waals surface area contributed by atoms with Crippen molar-refractivity contribution in [2.75, 3.05) is 31.5 Å². The highest BCUT2D eigenvalue weighted by atomic mass is 16.2. The standard InChI is InChI=1S/C21H31N3O2/c1-16-10-14-24(15-11-16)21(26)18-4-2-3-5-19(18)23-20(25)7-6-17-8-12-22-13-9-17/h2-5,16-17,22H,6-15H2,1H3,(H,23,25). The van der Waals surface area contributed by atoms with E-state index in [0.29, 0.717) is 29.5 Å². The second-order valence-electron chi connectivity index (χ2n) is 7.80. The van der Waals surface area contributed by atoms with Crippen LogP contribution < -0.4 is 10.6 Å². The summed E-state index contributed by atoms with van der Waals surface area (Å²) in [4.78, 5) is 27.2. The number of nitrogens with zero attached hydrogens (tertiary/aromatic N) is 1. The number of para-hydroxylation sites is 1. The van der Waals surface area contributed by atoms with E-state index in [1.807, 2.05) is 29.2 Å². The number of amides is 2. The molecule has 0 spiro atoms. The van der Waals surface area contributed by atoms with Gasteiger partial charge in [-0.15, -0.1) is 0 Å². The lowest BCUT2D eigenvalue weighted by Crippen LogP contribution is -2.38. The van der Waals surface area contributed by atoms with Crippen LogP contribution in [-0.4, -0.2) is 42.9 Å². The third kappa shape index (κ3) is 5.07. The van der Waals surface area contributed by atoms with Crippen molar-refractivity contribution in [2.24, 2.45) is 11.8 Å². The molecular weight excluding hydrogens is 326 g/mol. The molecule has 3 rings (SSSR count). The molecule has 2 saturated heterocycles. The summed E-state index contributed by atoms with van der Waals surface area (Å²) in [5.41, 5.74) is 1.25. The first kappa shape index (κ1) is 18.9. The van der Waals surface area contributed by atoms with Crippen molar-refractivity contribution in [3.05, 3.63) is 29.8 Å². The number of piperidine rings is 2. The number of carbonyl (C=O) groups is 2. The molecule has 0 radical (unpaired) electrons. The van der Waals surface area contributed by atoms with Gasteiger partial charge in [-0.2, -0.15) is 0 Å². The predicted molar refractivity (Wildman–Crippen MR) is 104 cm³/mol. The maximum atomic E-state index is 12.9. The van der Waals surface area contributed by atoms with Gasteiger partial charge in [-0.1, -0.05) is 19.1 Å². The zero-order chi connectivity index (χ0) is 18.4. The lowest BCUT2D eigenvalue weighted by atomic mass is 9.93. The number of likely N-dealkylation sites (tertiary alicyclic amines) is 1. The van der Waals surface area contributed by atoms with E-state index in [-0.39, 0.29) is 11.8 Å². The molecule has 5 heteroatoms. The van der Waals surface area contributed by atoms with Crippen LogP contribution in [0.25, 0.3) is 0 Å². The van der Waals surface area contributed by atoms with Gasteiger partial charge in [0.05, 0.1) is 11.3 Å². The Bertz CT molecular complexity index is 617. The first-order chi connectivity index (χ1) is 12.6. The van der Waals surface area contributed by atoms with Crippen molar-refractivity contribution in [2.45, 2.75) is 45.4 Å². The van der Waals surface area contributed by atoms with E-state index in [9.17, 15) is 9.59 Å². The molecule has 2 heterocycles. The minimum absolute atomic E-state index is 0.0102. The van der Waals surface area contributed by atoms with Gasteiger partial charge in [0.15, 0.2) is 0 Å². The van der Waals surface area contributed by atoms with Crippen LogP contribution in [0, 0.1) is 11.8 Å². The van der Waals surface area contributed by atoms with Crippen molar-refractivity contribution in [3.63, 3.8) is 0 Å². The summed E-state index contributed by atoms with van der Waals surface area (Å²) in [5.74, 6) is 1.36. The Morgan fingerprint density at radius 2 is 1.81 bits per heavy atom. The van der Waals surface area contributed by atoms with Crippen molar-refractivity contribution < 1.29 is 9.59 Å². The van der Waals surface area contributed by atoms with Gasteiger partial charge in [0.2, 0.25) is 5.91 Å². The third-order valence-electron chi connectivity index (χ3n) is 5.74. The molecule has 0 atom stereocenters. The number of anilines is 1. The molecule has 142 valence electrons. The number of nitrogens with one attached hydrogen (secondary N) is 2. The van der Waals surface area contributed by atoms with E-state index < -0.39 is 0 Å². The Labute approximate surface area is 156 Å². The average Bonchev–Trinajstić information content (AvgIpc) is 2.68. The van der Waals surface area contributed by atoms with Gasteiger partial charge in [-0.3, -0.25) is 9.59 Å². The van der Waals surface area contributed by atoms with Crippen LogP contribution in [0.4, 0.5) is 5.69 Å². The van der Waals surface area contributed by atoms with Gasteiger partial charge in [0.25, 0.3) is 5.91 Å². The van der Waals surface area contributed by atoms with E-state index in [0.717, 1.165) is 58.3 Å². The topological polar surface area (TPSA) is 61.4 Å². The zero-order valence-corrected chi connectivity index (χ0v) is 15.8. The largest absolute Gasteiger partial charge is 0.339 e. The smallest absolute Gasteiger partial charge is 0.255 e. The molecule has 2 amide bonds. The summed E-state index contributed by atoms with van der Waals surface area (Å²) in [6.07, 6.45) is 5.85. The normalized spacial score (nSPS) is 19.3. The molecule has 2 aliphatic heterocycles. The van der Waals surface area contributed by atoms with Crippen LogP contribution in [-0.2, 0) is 4.79 Å². The highest BCUT2D eigenvalue weighted by molar-refractivity contribution is 6.03. The Morgan fingerprint density at radius 1 is 1.12 bits per heavy atom. The SMILES string of the molecule is CC1CCN(C(=O)c2ccccc2NC(=O)CCC2CCNCC2)CC1.